The van der Waals surface area contributed by atoms with Crippen LogP contribution in [0.25, 0.3) is 0 Å². The van der Waals surface area contributed by atoms with Crippen LogP contribution in [0.2, 0.25) is 0 Å². The van der Waals surface area contributed by atoms with E-state index in [4.69, 9.17) is 17.3 Å². The van der Waals surface area contributed by atoms with Gasteiger partial charge in [-0.25, -0.2) is 0 Å². The SMILES string of the molecule is CCCCCCCCC(N)(Cl)c1ccccc1. The lowest BCUT2D eigenvalue weighted by Crippen LogP contribution is -2.29. The van der Waals surface area contributed by atoms with Gasteiger partial charge in [0.15, 0.2) is 0 Å². The summed E-state index contributed by atoms with van der Waals surface area (Å²) in [5.74, 6) is 0. The van der Waals surface area contributed by atoms with Crippen LogP contribution >= 0.6 is 11.6 Å². The van der Waals surface area contributed by atoms with E-state index >= 15 is 0 Å². The van der Waals surface area contributed by atoms with Crippen molar-refractivity contribution >= 4 is 11.6 Å². The van der Waals surface area contributed by atoms with Crippen molar-refractivity contribution in [2.45, 2.75) is 56.9 Å². The molecule has 0 aliphatic rings. The van der Waals surface area contributed by atoms with Crippen molar-refractivity contribution in [2.75, 3.05) is 0 Å². The molecule has 0 bridgehead atoms. The molecule has 1 rings (SSSR count). The average Bonchev–Trinajstić information content (AvgIpc) is 2.35. The summed E-state index contributed by atoms with van der Waals surface area (Å²) in [4.78, 5) is -0.688. The summed E-state index contributed by atoms with van der Waals surface area (Å²) in [6, 6.07) is 9.97. The number of halogens is 1. The minimum atomic E-state index is -0.688. The molecule has 0 spiro atoms. The Morgan fingerprint density at radius 1 is 1.00 bits per heavy atom. The summed E-state index contributed by atoms with van der Waals surface area (Å²) in [6.45, 7) is 2.24. The summed E-state index contributed by atoms with van der Waals surface area (Å²) in [7, 11) is 0. The molecule has 0 amide bonds. The van der Waals surface area contributed by atoms with Crippen molar-refractivity contribution in [3.05, 3.63) is 35.9 Å². The molecular weight excluding hydrogens is 230 g/mol. The van der Waals surface area contributed by atoms with E-state index in [1.165, 1.54) is 32.1 Å². The number of hydrogen-bond acceptors (Lipinski definition) is 1. The van der Waals surface area contributed by atoms with Gasteiger partial charge in [0.25, 0.3) is 0 Å². The predicted molar refractivity (Wildman–Crippen MR) is 76.2 cm³/mol. The van der Waals surface area contributed by atoms with Gasteiger partial charge < -0.3 is 5.73 Å². The minimum absolute atomic E-state index is 0.688. The number of rotatable bonds is 8. The molecule has 0 heterocycles. The lowest BCUT2D eigenvalue weighted by atomic mass is 10.00. The zero-order chi connectivity index (χ0) is 12.6. The fourth-order valence-electron chi connectivity index (χ4n) is 2.02. The molecule has 2 heteroatoms. The molecule has 1 aromatic rings. The van der Waals surface area contributed by atoms with Gasteiger partial charge in [0, 0.05) is 0 Å². The van der Waals surface area contributed by atoms with Gasteiger partial charge in [-0.2, -0.15) is 0 Å². The van der Waals surface area contributed by atoms with E-state index in [9.17, 15) is 0 Å². The number of hydrogen-bond donors (Lipinski definition) is 1. The predicted octanol–water partition coefficient (Wildman–Crippen LogP) is 4.79. The average molecular weight is 254 g/mol. The van der Waals surface area contributed by atoms with Crippen LogP contribution in [0.4, 0.5) is 0 Å². The highest BCUT2D eigenvalue weighted by atomic mass is 35.5. The van der Waals surface area contributed by atoms with Crippen molar-refractivity contribution in [1.29, 1.82) is 0 Å². The lowest BCUT2D eigenvalue weighted by Gasteiger charge is -2.22. The van der Waals surface area contributed by atoms with E-state index < -0.39 is 5.00 Å². The first-order chi connectivity index (χ1) is 8.17. The van der Waals surface area contributed by atoms with Crippen molar-refractivity contribution in [3.8, 4) is 0 Å². The molecule has 1 aromatic carbocycles. The first kappa shape index (κ1) is 14.5. The molecule has 0 aliphatic heterocycles. The fraction of sp³-hybridized carbons (Fsp3) is 0.600. The summed E-state index contributed by atoms with van der Waals surface area (Å²) in [6.07, 6.45) is 8.47. The number of benzene rings is 1. The fourth-order valence-corrected chi connectivity index (χ4v) is 2.28. The Kier molecular flexibility index (Phi) is 6.61. The summed E-state index contributed by atoms with van der Waals surface area (Å²) < 4.78 is 0. The van der Waals surface area contributed by atoms with Crippen LogP contribution in [-0.4, -0.2) is 0 Å². The molecule has 1 unspecified atom stereocenters. The zero-order valence-corrected chi connectivity index (χ0v) is 11.5. The zero-order valence-electron chi connectivity index (χ0n) is 10.8. The topological polar surface area (TPSA) is 26.0 Å². The number of unbranched alkanes of at least 4 members (excludes halogenated alkanes) is 5. The van der Waals surface area contributed by atoms with Crippen molar-refractivity contribution in [3.63, 3.8) is 0 Å². The second kappa shape index (κ2) is 7.73. The molecule has 0 saturated heterocycles. The molecule has 96 valence electrons. The van der Waals surface area contributed by atoms with Gasteiger partial charge >= 0.3 is 0 Å². The van der Waals surface area contributed by atoms with Gasteiger partial charge in [0.05, 0.1) is 0 Å². The number of alkyl halides is 1. The van der Waals surface area contributed by atoms with Crippen LogP contribution < -0.4 is 5.73 Å². The van der Waals surface area contributed by atoms with Crippen molar-refractivity contribution < 1.29 is 0 Å². The Morgan fingerprint density at radius 2 is 1.59 bits per heavy atom. The second-order valence-corrected chi connectivity index (χ2v) is 5.42. The third kappa shape index (κ3) is 5.56. The van der Waals surface area contributed by atoms with Crippen LogP contribution in [0.5, 0.6) is 0 Å². The quantitative estimate of drug-likeness (QED) is 0.402. The van der Waals surface area contributed by atoms with Crippen LogP contribution in [-0.2, 0) is 5.00 Å². The highest BCUT2D eigenvalue weighted by Gasteiger charge is 2.22. The Balaban J connectivity index is 2.26. The van der Waals surface area contributed by atoms with Gasteiger partial charge in [-0.1, -0.05) is 87.4 Å². The summed E-state index contributed by atoms with van der Waals surface area (Å²) in [5, 5.41) is 0. The van der Waals surface area contributed by atoms with E-state index in [0.29, 0.717) is 0 Å². The highest BCUT2D eigenvalue weighted by Crippen LogP contribution is 2.28. The van der Waals surface area contributed by atoms with Gasteiger partial charge in [0.1, 0.15) is 5.00 Å². The summed E-state index contributed by atoms with van der Waals surface area (Å²) >= 11 is 6.38. The Bertz CT molecular complexity index is 295. The maximum absolute atomic E-state index is 6.38. The van der Waals surface area contributed by atoms with E-state index in [1.54, 1.807) is 0 Å². The maximum Gasteiger partial charge on any atom is 0.117 e. The third-order valence-corrected chi connectivity index (χ3v) is 3.56. The lowest BCUT2D eigenvalue weighted by molar-refractivity contribution is 0.510. The van der Waals surface area contributed by atoms with Crippen molar-refractivity contribution in [2.24, 2.45) is 5.73 Å². The first-order valence-electron chi connectivity index (χ1n) is 6.70. The van der Waals surface area contributed by atoms with Gasteiger partial charge in [-0.05, 0) is 12.0 Å². The highest BCUT2D eigenvalue weighted by molar-refractivity contribution is 6.23. The molecule has 1 atom stereocenters. The maximum atomic E-state index is 6.38. The number of nitrogens with two attached hydrogens (primary N) is 1. The first-order valence-corrected chi connectivity index (χ1v) is 7.08. The Hall–Kier alpha value is -0.530. The van der Waals surface area contributed by atoms with Gasteiger partial charge in [-0.15, -0.1) is 0 Å². The largest absolute Gasteiger partial charge is 0.309 e. The molecule has 0 aromatic heterocycles. The molecule has 17 heavy (non-hydrogen) atoms. The van der Waals surface area contributed by atoms with Gasteiger partial charge in [0.2, 0.25) is 0 Å². The second-order valence-electron chi connectivity index (χ2n) is 4.75. The molecular formula is C15H24ClN. The monoisotopic (exact) mass is 253 g/mol. The van der Waals surface area contributed by atoms with Crippen LogP contribution in [0.3, 0.4) is 0 Å². The molecule has 2 N–H and O–H groups in total. The van der Waals surface area contributed by atoms with Crippen LogP contribution in [0, 0.1) is 0 Å². The van der Waals surface area contributed by atoms with Crippen LogP contribution in [0.1, 0.15) is 57.4 Å². The van der Waals surface area contributed by atoms with E-state index in [0.717, 1.165) is 18.4 Å². The van der Waals surface area contributed by atoms with Crippen molar-refractivity contribution in [1.82, 2.24) is 0 Å². The Morgan fingerprint density at radius 3 is 2.24 bits per heavy atom. The molecule has 0 saturated carbocycles. The molecule has 0 aliphatic carbocycles. The summed E-state index contributed by atoms with van der Waals surface area (Å²) in [5.41, 5.74) is 7.17. The van der Waals surface area contributed by atoms with E-state index in [-0.39, 0.29) is 0 Å². The van der Waals surface area contributed by atoms with E-state index in [1.807, 2.05) is 30.3 Å². The van der Waals surface area contributed by atoms with Gasteiger partial charge in [-0.3, -0.25) is 0 Å². The van der Waals surface area contributed by atoms with Crippen LogP contribution in [0.15, 0.2) is 30.3 Å². The third-order valence-electron chi connectivity index (χ3n) is 3.15. The standard InChI is InChI=1S/C15H24ClN/c1-2-3-4-5-6-10-13-15(16,17)14-11-8-7-9-12-14/h7-9,11-12H,2-6,10,13,17H2,1H3. The Labute approximate surface area is 110 Å². The smallest absolute Gasteiger partial charge is 0.117 e. The van der Waals surface area contributed by atoms with E-state index in [2.05, 4.69) is 6.92 Å². The molecule has 0 radical (unpaired) electrons. The molecule has 1 nitrogen and oxygen atoms in total. The normalized spacial score (nSPS) is 14.5. The molecule has 0 fully saturated rings. The minimum Gasteiger partial charge on any atom is -0.309 e.